The van der Waals surface area contributed by atoms with Crippen LogP contribution in [0.15, 0.2) is 12.1 Å². The number of ketones is 1. The molecule has 0 spiro atoms. The second-order valence-corrected chi connectivity index (χ2v) is 4.94. The van der Waals surface area contributed by atoms with Gasteiger partial charge in [0, 0.05) is 5.56 Å². The average Bonchev–Trinajstić information content (AvgIpc) is 2.36. The van der Waals surface area contributed by atoms with Crippen molar-refractivity contribution in [2.75, 3.05) is 14.2 Å². The Labute approximate surface area is 108 Å². The summed E-state index contributed by atoms with van der Waals surface area (Å²) >= 11 is 0. The highest BCUT2D eigenvalue weighted by Crippen LogP contribution is 2.37. The van der Waals surface area contributed by atoms with E-state index in [-0.39, 0.29) is 22.8 Å². The van der Waals surface area contributed by atoms with Gasteiger partial charge in [0.05, 0.1) is 14.2 Å². The molecule has 1 rings (SSSR count). The number of ether oxygens (including phenoxy) is 2. The first-order valence-electron chi connectivity index (χ1n) is 4.86. The van der Waals surface area contributed by atoms with Gasteiger partial charge in [-0.25, -0.2) is 0 Å². The van der Waals surface area contributed by atoms with Crippen LogP contribution in [0.25, 0.3) is 0 Å². The highest BCUT2D eigenvalue weighted by atomic mass is 32.2. The molecule has 0 saturated carbocycles. The maximum Gasteiger partial charge on any atom is 0.299 e. The summed E-state index contributed by atoms with van der Waals surface area (Å²) in [6, 6.07) is 2.02. The molecule has 0 radical (unpaired) electrons. The van der Waals surface area contributed by atoms with E-state index in [1.165, 1.54) is 14.2 Å². The number of aliphatic hydroxyl groups is 1. The van der Waals surface area contributed by atoms with E-state index in [1.54, 1.807) is 0 Å². The lowest BCUT2D eigenvalue weighted by Gasteiger charge is -2.12. The van der Waals surface area contributed by atoms with E-state index in [4.69, 9.17) is 14.0 Å². The van der Waals surface area contributed by atoms with Crippen molar-refractivity contribution < 1.29 is 37.5 Å². The molecule has 1 aromatic rings. The van der Waals surface area contributed by atoms with E-state index in [9.17, 15) is 23.4 Å². The molecule has 0 amide bonds. The Morgan fingerprint density at radius 1 is 1.21 bits per heavy atom. The molecule has 19 heavy (non-hydrogen) atoms. The zero-order valence-corrected chi connectivity index (χ0v) is 10.8. The van der Waals surface area contributed by atoms with Gasteiger partial charge < -0.3 is 19.7 Å². The van der Waals surface area contributed by atoms with Crippen molar-refractivity contribution in [3.05, 3.63) is 17.7 Å². The van der Waals surface area contributed by atoms with Gasteiger partial charge in [0.15, 0.2) is 11.5 Å². The third-order valence-corrected chi connectivity index (χ3v) is 3.05. The minimum atomic E-state index is -4.94. The minimum absolute atomic E-state index is 0.148. The molecule has 1 aromatic carbocycles. The molecule has 0 aliphatic heterocycles. The van der Waals surface area contributed by atoms with Gasteiger partial charge in [-0.05, 0) is 12.1 Å². The average molecular weight is 292 g/mol. The lowest BCUT2D eigenvalue weighted by Crippen LogP contribution is -2.29. The van der Waals surface area contributed by atoms with E-state index in [2.05, 4.69) is 0 Å². The summed E-state index contributed by atoms with van der Waals surface area (Å²) in [7, 11) is -2.52. The van der Waals surface area contributed by atoms with Crippen LogP contribution in [-0.2, 0) is 10.1 Å². The molecule has 0 fully saturated rings. The largest absolute Gasteiger partial charge is 0.502 e. The van der Waals surface area contributed by atoms with Crippen LogP contribution in [-0.4, -0.2) is 48.6 Å². The number of Topliss-reactive ketones (excluding diaryl/α,β-unsaturated/α-hetero) is 1. The summed E-state index contributed by atoms with van der Waals surface area (Å²) in [5, 5.41) is 18.8. The van der Waals surface area contributed by atoms with Gasteiger partial charge >= 0.3 is 0 Å². The van der Waals surface area contributed by atoms with Gasteiger partial charge in [-0.15, -0.1) is 0 Å². The normalized spacial score (nSPS) is 12.8. The number of methoxy groups -OCH3 is 2. The number of rotatable bonds is 5. The van der Waals surface area contributed by atoms with Crippen LogP contribution in [0.4, 0.5) is 0 Å². The van der Waals surface area contributed by atoms with Gasteiger partial charge in [-0.3, -0.25) is 9.35 Å². The number of aromatic hydroxyl groups is 1. The summed E-state index contributed by atoms with van der Waals surface area (Å²) in [5.41, 5.74) is -2.93. The monoisotopic (exact) mass is 292 g/mol. The third kappa shape index (κ3) is 3.13. The van der Waals surface area contributed by atoms with E-state index in [0.29, 0.717) is 0 Å². The topological polar surface area (TPSA) is 130 Å². The zero-order chi connectivity index (χ0) is 14.8. The Kier molecular flexibility index (Phi) is 4.35. The quantitative estimate of drug-likeness (QED) is 0.502. The van der Waals surface area contributed by atoms with Crippen molar-refractivity contribution in [3.63, 3.8) is 0 Å². The Bertz CT molecular complexity index is 567. The zero-order valence-electron chi connectivity index (χ0n) is 10.0. The molecule has 1 unspecified atom stereocenters. The fraction of sp³-hybridized carbons (Fsp3) is 0.300. The van der Waals surface area contributed by atoms with E-state index in [0.717, 1.165) is 12.1 Å². The number of hydrogen-bond donors (Lipinski definition) is 3. The van der Waals surface area contributed by atoms with Gasteiger partial charge in [-0.2, -0.15) is 8.42 Å². The SMILES string of the molecule is COc1cc(C(=O)C(O)S(=O)(=O)O)cc(OC)c1O. The van der Waals surface area contributed by atoms with Crippen LogP contribution in [0.2, 0.25) is 0 Å². The number of phenols is 1. The molecule has 0 heterocycles. The molecule has 0 aliphatic carbocycles. The molecule has 3 N–H and O–H groups in total. The van der Waals surface area contributed by atoms with E-state index in [1.807, 2.05) is 0 Å². The minimum Gasteiger partial charge on any atom is -0.502 e. The van der Waals surface area contributed by atoms with Crippen molar-refractivity contribution in [1.82, 2.24) is 0 Å². The summed E-state index contributed by atoms with van der Waals surface area (Å²) in [6.45, 7) is 0. The van der Waals surface area contributed by atoms with Gasteiger partial charge in [0.2, 0.25) is 17.0 Å². The molecule has 0 saturated heterocycles. The maximum absolute atomic E-state index is 11.7. The molecule has 0 bridgehead atoms. The number of hydrogen-bond acceptors (Lipinski definition) is 7. The third-order valence-electron chi connectivity index (χ3n) is 2.27. The van der Waals surface area contributed by atoms with Crippen LogP contribution < -0.4 is 9.47 Å². The lowest BCUT2D eigenvalue weighted by atomic mass is 10.1. The first-order chi connectivity index (χ1) is 8.72. The smallest absolute Gasteiger partial charge is 0.299 e. The molecule has 0 aromatic heterocycles. The standard InChI is InChI=1S/C10H12O8S/c1-17-6-3-5(4-7(18-2)9(6)12)8(11)10(13)19(14,15)16/h3-4,10,12-13H,1-2H3,(H,14,15,16). The number of aliphatic hydroxyl groups excluding tert-OH is 1. The second kappa shape index (κ2) is 5.43. The van der Waals surface area contributed by atoms with Crippen molar-refractivity contribution >= 4 is 15.9 Å². The van der Waals surface area contributed by atoms with E-state index < -0.39 is 21.3 Å². The maximum atomic E-state index is 11.7. The number of carbonyl (C=O) groups is 1. The van der Waals surface area contributed by atoms with Crippen LogP contribution in [0, 0.1) is 0 Å². The number of phenolic OH excluding ortho intramolecular Hbond substituents is 1. The highest BCUT2D eigenvalue weighted by Gasteiger charge is 2.30. The second-order valence-electron chi connectivity index (χ2n) is 3.46. The predicted molar refractivity (Wildman–Crippen MR) is 63.1 cm³/mol. The lowest BCUT2D eigenvalue weighted by molar-refractivity contribution is 0.0847. The molecule has 8 nitrogen and oxygen atoms in total. The summed E-state index contributed by atoms with van der Waals surface area (Å²) in [5.74, 6) is -1.96. The van der Waals surface area contributed by atoms with Gasteiger partial charge in [-0.1, -0.05) is 0 Å². The molecule has 9 heteroatoms. The Hall–Kier alpha value is -1.84. The molecular weight excluding hydrogens is 280 g/mol. The van der Waals surface area contributed by atoms with Crippen LogP contribution in [0.1, 0.15) is 10.4 Å². The summed E-state index contributed by atoms with van der Waals surface area (Å²) < 4.78 is 39.5. The first-order valence-corrected chi connectivity index (χ1v) is 6.36. The number of carbonyl (C=O) groups excluding carboxylic acids is 1. The molecule has 1 atom stereocenters. The Balaban J connectivity index is 3.32. The van der Waals surface area contributed by atoms with Crippen molar-refractivity contribution in [2.24, 2.45) is 0 Å². The van der Waals surface area contributed by atoms with Crippen molar-refractivity contribution in [2.45, 2.75) is 5.44 Å². The summed E-state index contributed by atoms with van der Waals surface area (Å²) in [4.78, 5) is 11.7. The van der Waals surface area contributed by atoms with Crippen LogP contribution in [0.5, 0.6) is 17.2 Å². The Morgan fingerprint density at radius 2 is 1.63 bits per heavy atom. The highest BCUT2D eigenvalue weighted by molar-refractivity contribution is 7.87. The molecular formula is C10H12O8S. The van der Waals surface area contributed by atoms with Crippen molar-refractivity contribution in [1.29, 1.82) is 0 Å². The van der Waals surface area contributed by atoms with E-state index >= 15 is 0 Å². The van der Waals surface area contributed by atoms with Gasteiger partial charge in [0.1, 0.15) is 0 Å². The number of benzene rings is 1. The Morgan fingerprint density at radius 3 is 1.95 bits per heavy atom. The van der Waals surface area contributed by atoms with Crippen LogP contribution in [0.3, 0.4) is 0 Å². The van der Waals surface area contributed by atoms with Gasteiger partial charge in [0.25, 0.3) is 10.1 Å². The molecule has 0 aliphatic rings. The fourth-order valence-electron chi connectivity index (χ4n) is 1.31. The predicted octanol–water partition coefficient (Wildman–Crippen LogP) is -0.202. The van der Waals surface area contributed by atoms with Crippen LogP contribution >= 0.6 is 0 Å². The first kappa shape index (κ1) is 15.2. The van der Waals surface area contributed by atoms with Crippen molar-refractivity contribution in [3.8, 4) is 17.2 Å². The fourth-order valence-corrected chi connectivity index (χ4v) is 1.72. The summed E-state index contributed by atoms with van der Waals surface area (Å²) in [6.07, 6.45) is 0. The molecule has 106 valence electrons.